The van der Waals surface area contributed by atoms with Crippen molar-refractivity contribution >= 4 is 5.97 Å². The number of carbonyl (C=O) groups excluding carboxylic acids is 1. The van der Waals surface area contributed by atoms with Gasteiger partial charge in [-0.25, -0.2) is 0 Å². The Labute approximate surface area is 141 Å². The van der Waals surface area contributed by atoms with Gasteiger partial charge in [0.2, 0.25) is 0 Å². The predicted octanol–water partition coefficient (Wildman–Crippen LogP) is 4.58. The number of rotatable bonds is 8. The lowest BCUT2D eigenvalue weighted by Crippen LogP contribution is -2.41. The molecular formula is C20H31NO2. The average molecular weight is 317 g/mol. The molecule has 1 aliphatic rings. The van der Waals surface area contributed by atoms with Crippen LogP contribution in [0.2, 0.25) is 0 Å². The van der Waals surface area contributed by atoms with Crippen LogP contribution in [-0.2, 0) is 9.53 Å². The Kier molecular flexibility index (Phi) is 7.10. The highest BCUT2D eigenvalue weighted by atomic mass is 16.5. The molecule has 1 heterocycles. The number of benzene rings is 1. The first-order valence-corrected chi connectivity index (χ1v) is 9.16. The number of hydrogen-bond donors (Lipinski definition) is 0. The standard InChI is InChI=1S/C20H31NO2/c1-4-6-13-18(20(22)23-5-2)19-14-10-15-21(19)16(3)17-11-8-7-9-12-17/h7-9,11-12,16,18-19H,4-6,10,13-15H2,1-3H3/t16-,18+,19+/m0/s1. The van der Waals surface area contributed by atoms with E-state index in [0.29, 0.717) is 18.7 Å². The third-order valence-electron chi connectivity index (χ3n) is 5.04. The lowest BCUT2D eigenvalue weighted by molar-refractivity contribution is -0.150. The SMILES string of the molecule is CCCC[C@@H](C(=O)OCC)[C@H]1CCCN1[C@@H](C)c1ccccc1. The maximum atomic E-state index is 12.5. The minimum absolute atomic E-state index is 0.00175. The Hall–Kier alpha value is -1.35. The molecule has 0 amide bonds. The zero-order valence-corrected chi connectivity index (χ0v) is 14.8. The summed E-state index contributed by atoms with van der Waals surface area (Å²) in [4.78, 5) is 15.0. The number of ether oxygens (including phenoxy) is 1. The zero-order chi connectivity index (χ0) is 16.7. The Morgan fingerprint density at radius 3 is 2.70 bits per heavy atom. The van der Waals surface area contributed by atoms with Crippen molar-refractivity contribution in [2.75, 3.05) is 13.2 Å². The topological polar surface area (TPSA) is 29.5 Å². The van der Waals surface area contributed by atoms with Gasteiger partial charge in [-0.05, 0) is 45.2 Å². The van der Waals surface area contributed by atoms with Crippen LogP contribution in [0.25, 0.3) is 0 Å². The van der Waals surface area contributed by atoms with E-state index in [0.717, 1.165) is 32.2 Å². The lowest BCUT2D eigenvalue weighted by Gasteiger charge is -2.35. The number of carbonyl (C=O) groups is 1. The van der Waals surface area contributed by atoms with Crippen molar-refractivity contribution < 1.29 is 9.53 Å². The van der Waals surface area contributed by atoms with E-state index in [-0.39, 0.29) is 11.9 Å². The lowest BCUT2D eigenvalue weighted by atomic mass is 9.91. The Morgan fingerprint density at radius 2 is 2.04 bits per heavy atom. The molecule has 0 unspecified atom stereocenters. The van der Waals surface area contributed by atoms with Gasteiger partial charge in [0.15, 0.2) is 0 Å². The second-order valence-corrected chi connectivity index (χ2v) is 6.53. The molecule has 128 valence electrons. The highest BCUT2D eigenvalue weighted by molar-refractivity contribution is 5.73. The Morgan fingerprint density at radius 1 is 1.30 bits per heavy atom. The van der Waals surface area contributed by atoms with Crippen LogP contribution < -0.4 is 0 Å². The normalized spacial score (nSPS) is 21.1. The van der Waals surface area contributed by atoms with Gasteiger partial charge >= 0.3 is 5.97 Å². The van der Waals surface area contributed by atoms with Gasteiger partial charge in [-0.3, -0.25) is 9.69 Å². The molecule has 3 nitrogen and oxygen atoms in total. The second kappa shape index (κ2) is 9.07. The number of hydrogen-bond acceptors (Lipinski definition) is 3. The molecule has 0 aliphatic carbocycles. The van der Waals surface area contributed by atoms with Gasteiger partial charge in [0, 0.05) is 12.1 Å². The van der Waals surface area contributed by atoms with Crippen LogP contribution in [0.15, 0.2) is 30.3 Å². The summed E-state index contributed by atoms with van der Waals surface area (Å²) in [5.41, 5.74) is 1.33. The van der Waals surface area contributed by atoms with Crippen LogP contribution in [0.1, 0.15) is 64.5 Å². The molecule has 0 spiro atoms. The molecule has 0 bridgehead atoms. The smallest absolute Gasteiger partial charge is 0.310 e. The third-order valence-corrected chi connectivity index (χ3v) is 5.04. The number of likely N-dealkylation sites (tertiary alicyclic amines) is 1. The van der Waals surface area contributed by atoms with Crippen LogP contribution >= 0.6 is 0 Å². The van der Waals surface area contributed by atoms with E-state index in [1.807, 2.05) is 6.92 Å². The molecule has 1 fully saturated rings. The fourth-order valence-corrected chi connectivity index (χ4v) is 3.79. The number of nitrogens with zero attached hydrogens (tertiary/aromatic N) is 1. The minimum Gasteiger partial charge on any atom is -0.466 e. The maximum Gasteiger partial charge on any atom is 0.310 e. The fraction of sp³-hybridized carbons (Fsp3) is 0.650. The molecule has 0 N–H and O–H groups in total. The van der Waals surface area contributed by atoms with Crippen LogP contribution in [0, 0.1) is 5.92 Å². The zero-order valence-electron chi connectivity index (χ0n) is 14.8. The monoisotopic (exact) mass is 317 g/mol. The molecular weight excluding hydrogens is 286 g/mol. The van der Waals surface area contributed by atoms with Gasteiger partial charge in [-0.15, -0.1) is 0 Å². The highest BCUT2D eigenvalue weighted by Crippen LogP contribution is 2.35. The van der Waals surface area contributed by atoms with Crippen LogP contribution in [0.3, 0.4) is 0 Å². The van der Waals surface area contributed by atoms with Crippen molar-refractivity contribution in [3.05, 3.63) is 35.9 Å². The molecule has 1 saturated heterocycles. The molecule has 1 aromatic rings. The number of esters is 1. The van der Waals surface area contributed by atoms with Crippen LogP contribution in [-0.4, -0.2) is 30.1 Å². The summed E-state index contributed by atoms with van der Waals surface area (Å²) < 4.78 is 5.38. The number of unbranched alkanes of at least 4 members (excludes halogenated alkanes) is 1. The van der Waals surface area contributed by atoms with E-state index in [1.54, 1.807) is 0 Å². The van der Waals surface area contributed by atoms with Crippen molar-refractivity contribution in [2.45, 2.75) is 65.0 Å². The largest absolute Gasteiger partial charge is 0.466 e. The molecule has 1 aliphatic heterocycles. The van der Waals surface area contributed by atoms with Gasteiger partial charge in [0.1, 0.15) is 0 Å². The molecule has 3 heteroatoms. The molecule has 2 rings (SSSR count). The average Bonchev–Trinajstić information content (AvgIpc) is 3.05. The van der Waals surface area contributed by atoms with Gasteiger partial charge in [0.05, 0.1) is 12.5 Å². The minimum atomic E-state index is -0.00175. The molecule has 0 saturated carbocycles. The summed E-state index contributed by atoms with van der Waals surface area (Å²) in [6, 6.07) is 11.3. The highest BCUT2D eigenvalue weighted by Gasteiger charge is 2.38. The maximum absolute atomic E-state index is 12.5. The first kappa shape index (κ1) is 18.0. The second-order valence-electron chi connectivity index (χ2n) is 6.53. The van der Waals surface area contributed by atoms with Crippen LogP contribution in [0.5, 0.6) is 0 Å². The van der Waals surface area contributed by atoms with Crippen molar-refractivity contribution in [3.63, 3.8) is 0 Å². The predicted molar refractivity (Wildman–Crippen MR) is 94.2 cm³/mol. The van der Waals surface area contributed by atoms with E-state index in [1.165, 1.54) is 12.0 Å². The Balaban J connectivity index is 2.14. The van der Waals surface area contributed by atoms with Crippen molar-refractivity contribution in [3.8, 4) is 0 Å². The van der Waals surface area contributed by atoms with E-state index in [9.17, 15) is 4.79 Å². The van der Waals surface area contributed by atoms with Crippen LogP contribution in [0.4, 0.5) is 0 Å². The van der Waals surface area contributed by atoms with Crippen molar-refractivity contribution in [2.24, 2.45) is 5.92 Å². The van der Waals surface area contributed by atoms with E-state index >= 15 is 0 Å². The van der Waals surface area contributed by atoms with E-state index in [2.05, 4.69) is 49.1 Å². The van der Waals surface area contributed by atoms with Crippen molar-refractivity contribution in [1.82, 2.24) is 4.90 Å². The fourth-order valence-electron chi connectivity index (χ4n) is 3.79. The summed E-state index contributed by atoms with van der Waals surface area (Å²) in [6.07, 6.45) is 5.43. The van der Waals surface area contributed by atoms with Gasteiger partial charge in [-0.2, -0.15) is 0 Å². The summed E-state index contributed by atoms with van der Waals surface area (Å²) in [7, 11) is 0. The first-order valence-electron chi connectivity index (χ1n) is 9.16. The molecule has 0 aromatic heterocycles. The van der Waals surface area contributed by atoms with E-state index < -0.39 is 0 Å². The molecule has 3 atom stereocenters. The summed E-state index contributed by atoms with van der Waals surface area (Å²) in [5.74, 6) is 0.0154. The molecule has 23 heavy (non-hydrogen) atoms. The van der Waals surface area contributed by atoms with Gasteiger partial charge < -0.3 is 4.74 Å². The summed E-state index contributed by atoms with van der Waals surface area (Å²) >= 11 is 0. The summed E-state index contributed by atoms with van der Waals surface area (Å²) in [5, 5.41) is 0. The molecule has 0 radical (unpaired) electrons. The first-order chi connectivity index (χ1) is 11.2. The third kappa shape index (κ3) is 4.57. The van der Waals surface area contributed by atoms with E-state index in [4.69, 9.17) is 4.74 Å². The Bertz CT molecular complexity index is 474. The van der Waals surface area contributed by atoms with Crippen molar-refractivity contribution in [1.29, 1.82) is 0 Å². The van der Waals surface area contributed by atoms with Gasteiger partial charge in [-0.1, -0.05) is 50.1 Å². The summed E-state index contributed by atoms with van der Waals surface area (Å²) in [6.45, 7) is 7.88. The quantitative estimate of drug-likeness (QED) is 0.657. The molecule has 1 aromatic carbocycles. The van der Waals surface area contributed by atoms with Gasteiger partial charge in [0.25, 0.3) is 0 Å².